The van der Waals surface area contributed by atoms with Crippen molar-refractivity contribution in [1.82, 2.24) is 5.32 Å². The number of cyclic esters (lactones) is 1. The molecule has 3 rings (SSSR count). The lowest BCUT2D eigenvalue weighted by atomic mass is 9.81. The average molecular weight is 981 g/mol. The highest BCUT2D eigenvalue weighted by Crippen LogP contribution is 2.38. The summed E-state index contributed by atoms with van der Waals surface area (Å²) < 4.78 is 23.3. The monoisotopic (exact) mass is 981 g/mol. The van der Waals surface area contributed by atoms with Gasteiger partial charge >= 0.3 is 5.97 Å². The van der Waals surface area contributed by atoms with Gasteiger partial charge in [-0.25, -0.2) is 0 Å². The maximum Gasteiger partial charge on any atom is 0.308 e. The number of esters is 1. The van der Waals surface area contributed by atoms with Gasteiger partial charge in [0.15, 0.2) is 12.1 Å². The Morgan fingerprint density at radius 1 is 0.739 bits per heavy atom. The average Bonchev–Trinajstić information content (AvgIpc) is 3.26. The third kappa shape index (κ3) is 21.4. The molecule has 2 saturated heterocycles. The Hall–Kier alpha value is -3.48. The van der Waals surface area contributed by atoms with Gasteiger partial charge in [-0.3, -0.25) is 9.59 Å². The van der Waals surface area contributed by atoms with E-state index in [4.69, 9.17) is 24.7 Å². The minimum absolute atomic E-state index is 0.102. The van der Waals surface area contributed by atoms with Crippen molar-refractivity contribution in [3.63, 3.8) is 0 Å². The standard InChI is InChI=1S/C50H80N2O17/c1-30(2)37(28-53)52-48(64)45-41(60)27-50(65)26-35(56)23-40(59)38(57)20-19-33(54)22-34(55)24-44(62)67-32(4)21-39(58)31(3)17-15-13-11-9-7-5-6-8-10-12-14-16-18-36(25-43(45)69-50)68-49-47(63)46(51)42(61)29-66-49/h5-18,30-43,45-47,49,53-61,63,65H,19-29,51H2,1-4H3,(H,52,64)/b6-5+,9-7+,10-8+,13-11+,14-12+,17-15+,18-16+/t31-,32-,33?,34?,35?,36?,37+,38?,39-,40?,41-,42+,43-,45+,46-,47-,49-,50?/m0/s1. The summed E-state index contributed by atoms with van der Waals surface area (Å²) in [4.78, 5) is 26.4. The molecule has 0 aromatic heterocycles. The van der Waals surface area contributed by atoms with Crippen molar-refractivity contribution in [1.29, 1.82) is 0 Å². The van der Waals surface area contributed by atoms with Gasteiger partial charge in [0, 0.05) is 38.0 Å². The van der Waals surface area contributed by atoms with E-state index in [9.17, 15) is 65.8 Å². The molecule has 1 amide bonds. The molecule has 14 N–H and O–H groups in total. The maximum absolute atomic E-state index is 13.9. The highest BCUT2D eigenvalue weighted by atomic mass is 16.7. The van der Waals surface area contributed by atoms with Gasteiger partial charge in [-0.1, -0.05) is 106 Å². The number of amides is 1. The van der Waals surface area contributed by atoms with Crippen molar-refractivity contribution in [3.8, 4) is 0 Å². The summed E-state index contributed by atoms with van der Waals surface area (Å²) in [6, 6.07) is -1.83. The first-order valence-electron chi connectivity index (χ1n) is 24.0. The lowest BCUT2D eigenvalue weighted by Crippen LogP contribution is -2.60. The van der Waals surface area contributed by atoms with E-state index >= 15 is 0 Å². The lowest BCUT2D eigenvalue weighted by molar-refractivity contribution is -0.304. The number of allylic oxidation sites excluding steroid dienone is 12. The third-order valence-corrected chi connectivity index (χ3v) is 12.4. The Kier molecular flexibility index (Phi) is 26.4. The molecule has 0 aromatic rings. The van der Waals surface area contributed by atoms with Gasteiger partial charge in [-0.05, 0) is 32.1 Å². The summed E-state index contributed by atoms with van der Waals surface area (Å²) in [5, 5.41) is 122. The normalized spacial score (nSPS) is 41.9. The topological polar surface area (TPSA) is 332 Å². The second-order valence-electron chi connectivity index (χ2n) is 18.9. The van der Waals surface area contributed by atoms with Crippen LogP contribution in [0.3, 0.4) is 0 Å². The van der Waals surface area contributed by atoms with Gasteiger partial charge in [0.2, 0.25) is 5.91 Å². The predicted octanol–water partition coefficient (Wildman–Crippen LogP) is 0.126. The second kappa shape index (κ2) is 30.4. The maximum atomic E-state index is 13.9. The van der Waals surface area contributed by atoms with Crippen LogP contribution in [0.5, 0.6) is 0 Å². The van der Waals surface area contributed by atoms with Crippen LogP contribution in [0.4, 0.5) is 0 Å². The number of hydrogen-bond acceptors (Lipinski definition) is 18. The molecule has 18 atom stereocenters. The molecule has 19 heteroatoms. The summed E-state index contributed by atoms with van der Waals surface area (Å²) in [7, 11) is 0. The fourth-order valence-electron chi connectivity index (χ4n) is 8.21. The minimum Gasteiger partial charge on any atom is -0.462 e. The molecular weight excluding hydrogens is 901 g/mol. The Morgan fingerprint density at radius 3 is 1.93 bits per heavy atom. The second-order valence-corrected chi connectivity index (χ2v) is 18.9. The molecule has 7 unspecified atom stereocenters. The van der Waals surface area contributed by atoms with Crippen LogP contribution in [0.25, 0.3) is 0 Å². The first-order valence-corrected chi connectivity index (χ1v) is 24.0. The molecule has 0 aliphatic carbocycles. The van der Waals surface area contributed by atoms with Crippen molar-refractivity contribution in [2.75, 3.05) is 13.2 Å². The number of nitrogens with one attached hydrogen (secondary N) is 1. The van der Waals surface area contributed by atoms with Crippen LogP contribution < -0.4 is 11.1 Å². The Balaban J connectivity index is 1.93. The zero-order valence-electron chi connectivity index (χ0n) is 40.2. The molecule has 19 nitrogen and oxygen atoms in total. The quantitative estimate of drug-likeness (QED) is 0.157. The SMILES string of the molecule is CC(C)[C@@H](CO)NC(=O)[C@H]1[C@@H]2CC(O[C@@H]3OC[C@@H](O)[C@H](N)[C@@H]3O)/C=C/C=C/C=C/C=C/C=C/C=C/C=C/[C@H](C)[C@@H](O)C[C@H](C)OC(=O)CC(O)CC(O)CCC(O)C(O)CC(O)CC(O)(C[C@@H]1O)O2. The minimum atomic E-state index is -2.30. The number of aliphatic hydroxyl groups is 11. The van der Waals surface area contributed by atoms with E-state index < -0.39 is 147 Å². The highest BCUT2D eigenvalue weighted by molar-refractivity contribution is 5.80. The molecule has 392 valence electrons. The molecule has 3 heterocycles. The largest absolute Gasteiger partial charge is 0.462 e. The van der Waals surface area contributed by atoms with Gasteiger partial charge in [0.25, 0.3) is 0 Å². The zero-order chi connectivity index (χ0) is 51.3. The number of rotatable bonds is 6. The number of carbonyl (C=O) groups is 2. The molecule has 0 saturated carbocycles. The molecule has 2 bridgehead atoms. The van der Waals surface area contributed by atoms with E-state index in [1.165, 1.54) is 0 Å². The summed E-state index contributed by atoms with van der Waals surface area (Å²) in [6.07, 6.45) is 5.24. The van der Waals surface area contributed by atoms with E-state index in [2.05, 4.69) is 5.32 Å². The smallest absolute Gasteiger partial charge is 0.308 e. The molecular formula is C50H80N2O17. The number of aliphatic hydroxyl groups excluding tert-OH is 10. The summed E-state index contributed by atoms with van der Waals surface area (Å²) in [5.41, 5.74) is 6.01. The first kappa shape index (κ1) is 59.8. The van der Waals surface area contributed by atoms with Crippen LogP contribution in [-0.2, 0) is 28.5 Å². The summed E-state index contributed by atoms with van der Waals surface area (Å²) in [6.45, 7) is 6.34. The van der Waals surface area contributed by atoms with Crippen molar-refractivity contribution < 1.29 is 84.7 Å². The molecule has 3 aliphatic rings. The van der Waals surface area contributed by atoms with E-state index in [-0.39, 0.29) is 50.5 Å². The summed E-state index contributed by atoms with van der Waals surface area (Å²) >= 11 is 0. The van der Waals surface area contributed by atoms with Gasteiger partial charge in [-0.15, -0.1) is 0 Å². The zero-order valence-corrected chi connectivity index (χ0v) is 40.2. The van der Waals surface area contributed by atoms with Crippen LogP contribution in [-0.4, -0.2) is 179 Å². The van der Waals surface area contributed by atoms with Crippen LogP contribution >= 0.6 is 0 Å². The van der Waals surface area contributed by atoms with Gasteiger partial charge in [0.1, 0.15) is 12.2 Å². The van der Waals surface area contributed by atoms with Crippen LogP contribution in [0.2, 0.25) is 0 Å². The number of carbonyl (C=O) groups excluding carboxylic acids is 2. The fraction of sp³-hybridized carbons (Fsp3) is 0.680. The Bertz CT molecular complexity index is 1740. The van der Waals surface area contributed by atoms with Crippen LogP contribution in [0.1, 0.15) is 85.5 Å². The number of ether oxygens (including phenoxy) is 4. The van der Waals surface area contributed by atoms with Crippen LogP contribution in [0, 0.1) is 17.8 Å². The molecule has 0 radical (unpaired) electrons. The van der Waals surface area contributed by atoms with E-state index in [1.807, 2.05) is 31.2 Å². The van der Waals surface area contributed by atoms with E-state index in [0.29, 0.717) is 0 Å². The fourth-order valence-corrected chi connectivity index (χ4v) is 8.21. The number of nitrogens with two attached hydrogens (primary N) is 1. The molecule has 2 fully saturated rings. The number of fused-ring (bicyclic) bond motifs is 2. The highest BCUT2D eigenvalue weighted by Gasteiger charge is 2.51. The van der Waals surface area contributed by atoms with Crippen molar-refractivity contribution in [3.05, 3.63) is 85.1 Å². The first-order chi connectivity index (χ1) is 32.6. The van der Waals surface area contributed by atoms with Crippen molar-refractivity contribution in [2.45, 2.75) is 183 Å². The van der Waals surface area contributed by atoms with Gasteiger partial charge < -0.3 is 86.2 Å². The molecule has 0 spiro atoms. The Morgan fingerprint density at radius 2 is 1.33 bits per heavy atom. The van der Waals surface area contributed by atoms with E-state index in [0.717, 1.165) is 0 Å². The number of hydrogen-bond donors (Lipinski definition) is 13. The predicted molar refractivity (Wildman–Crippen MR) is 254 cm³/mol. The molecule has 3 aliphatic heterocycles. The molecule has 0 aromatic carbocycles. The Labute approximate surface area is 405 Å². The lowest BCUT2D eigenvalue weighted by Gasteiger charge is -2.46. The molecule has 69 heavy (non-hydrogen) atoms. The van der Waals surface area contributed by atoms with Gasteiger partial charge in [0.05, 0.1) is 98.7 Å². The van der Waals surface area contributed by atoms with Crippen molar-refractivity contribution in [2.24, 2.45) is 23.5 Å². The van der Waals surface area contributed by atoms with Crippen LogP contribution in [0.15, 0.2) is 85.1 Å². The van der Waals surface area contributed by atoms with E-state index in [1.54, 1.807) is 81.5 Å². The third-order valence-electron chi connectivity index (χ3n) is 12.4. The van der Waals surface area contributed by atoms with Gasteiger partial charge in [-0.2, -0.15) is 0 Å². The van der Waals surface area contributed by atoms with Crippen molar-refractivity contribution >= 4 is 11.9 Å². The summed E-state index contributed by atoms with van der Waals surface area (Å²) in [5.74, 6) is -5.57.